The molecule has 1 aliphatic carbocycles. The van der Waals surface area contributed by atoms with E-state index < -0.39 is 0 Å². The molecule has 16 heavy (non-hydrogen) atoms. The Kier molecular flexibility index (Phi) is 2.43. The van der Waals surface area contributed by atoms with Crippen LogP contribution in [0.15, 0.2) is 24.3 Å². The van der Waals surface area contributed by atoms with Gasteiger partial charge in [-0.3, -0.25) is 0 Å². The molecule has 1 aromatic carbocycles. The minimum absolute atomic E-state index is 0.118. The number of hydrogen-bond donors (Lipinski definition) is 0. The lowest BCUT2D eigenvalue weighted by Gasteiger charge is -2.30. The SMILES string of the molecule is Fc1ccc2c(c1)CC=C2N1CCCCC1. The van der Waals surface area contributed by atoms with E-state index in [1.807, 2.05) is 6.07 Å². The summed E-state index contributed by atoms with van der Waals surface area (Å²) in [6, 6.07) is 5.17. The van der Waals surface area contributed by atoms with Gasteiger partial charge in [0, 0.05) is 24.4 Å². The maximum absolute atomic E-state index is 13.1. The van der Waals surface area contributed by atoms with Crippen molar-refractivity contribution in [3.8, 4) is 0 Å². The fourth-order valence-corrected chi connectivity index (χ4v) is 2.73. The van der Waals surface area contributed by atoms with Crippen LogP contribution in [0.5, 0.6) is 0 Å². The van der Waals surface area contributed by atoms with E-state index in [1.165, 1.54) is 30.5 Å². The number of piperidine rings is 1. The van der Waals surface area contributed by atoms with Gasteiger partial charge in [0.15, 0.2) is 0 Å². The Balaban J connectivity index is 1.89. The molecule has 1 fully saturated rings. The second kappa shape index (κ2) is 3.93. The minimum atomic E-state index is -0.118. The molecule has 2 heteroatoms. The number of nitrogens with zero attached hydrogens (tertiary/aromatic N) is 1. The first-order chi connectivity index (χ1) is 7.84. The van der Waals surface area contributed by atoms with E-state index in [4.69, 9.17) is 0 Å². The summed E-state index contributed by atoms with van der Waals surface area (Å²) in [4.78, 5) is 2.45. The van der Waals surface area contributed by atoms with Crippen molar-refractivity contribution in [3.05, 3.63) is 41.2 Å². The Morgan fingerprint density at radius 3 is 2.69 bits per heavy atom. The first-order valence-electron chi connectivity index (χ1n) is 6.08. The van der Waals surface area contributed by atoms with Crippen molar-refractivity contribution in [3.63, 3.8) is 0 Å². The molecular formula is C14H16FN. The Bertz CT molecular complexity index is 430. The molecule has 0 unspecified atom stereocenters. The Morgan fingerprint density at radius 1 is 1.06 bits per heavy atom. The van der Waals surface area contributed by atoms with Gasteiger partial charge in [0.1, 0.15) is 5.82 Å². The fraction of sp³-hybridized carbons (Fsp3) is 0.429. The topological polar surface area (TPSA) is 3.24 Å². The highest BCUT2D eigenvalue weighted by atomic mass is 19.1. The highest BCUT2D eigenvalue weighted by Gasteiger charge is 2.21. The standard InChI is InChI=1S/C14H16FN/c15-12-5-6-13-11(10-12)4-7-14(13)16-8-2-1-3-9-16/h5-7,10H,1-4,8-9H2. The van der Waals surface area contributed by atoms with Gasteiger partial charge in [-0.15, -0.1) is 0 Å². The molecular weight excluding hydrogens is 201 g/mol. The van der Waals surface area contributed by atoms with Crippen LogP contribution in [0.1, 0.15) is 30.4 Å². The number of likely N-dealkylation sites (tertiary alicyclic amines) is 1. The zero-order valence-electron chi connectivity index (χ0n) is 9.38. The van der Waals surface area contributed by atoms with Crippen molar-refractivity contribution in [1.29, 1.82) is 0 Å². The fourth-order valence-electron chi connectivity index (χ4n) is 2.73. The van der Waals surface area contributed by atoms with Gasteiger partial charge in [-0.2, -0.15) is 0 Å². The predicted octanol–water partition coefficient (Wildman–Crippen LogP) is 3.21. The van der Waals surface area contributed by atoms with Gasteiger partial charge in [-0.25, -0.2) is 4.39 Å². The average Bonchev–Trinajstić information content (AvgIpc) is 2.73. The summed E-state index contributed by atoms with van der Waals surface area (Å²) in [7, 11) is 0. The van der Waals surface area contributed by atoms with E-state index in [0.29, 0.717) is 0 Å². The normalized spacial score (nSPS) is 19.6. The molecule has 0 amide bonds. The van der Waals surface area contributed by atoms with E-state index >= 15 is 0 Å². The molecule has 2 aliphatic rings. The van der Waals surface area contributed by atoms with Crippen molar-refractivity contribution >= 4 is 5.70 Å². The third-order valence-electron chi connectivity index (χ3n) is 3.56. The van der Waals surface area contributed by atoms with E-state index in [1.54, 1.807) is 12.1 Å². The van der Waals surface area contributed by atoms with Gasteiger partial charge in [0.05, 0.1) is 0 Å². The van der Waals surface area contributed by atoms with Gasteiger partial charge < -0.3 is 4.90 Å². The molecule has 0 bridgehead atoms. The lowest BCUT2D eigenvalue weighted by Crippen LogP contribution is -2.27. The highest BCUT2D eigenvalue weighted by molar-refractivity contribution is 5.71. The van der Waals surface area contributed by atoms with Crippen LogP contribution in [-0.4, -0.2) is 18.0 Å². The molecule has 0 atom stereocenters. The van der Waals surface area contributed by atoms with E-state index in [9.17, 15) is 4.39 Å². The summed E-state index contributed by atoms with van der Waals surface area (Å²) in [5, 5.41) is 0. The quantitative estimate of drug-likeness (QED) is 0.698. The summed E-state index contributed by atoms with van der Waals surface area (Å²) >= 11 is 0. The number of fused-ring (bicyclic) bond motifs is 1. The lowest BCUT2D eigenvalue weighted by atomic mass is 10.1. The van der Waals surface area contributed by atoms with E-state index in [2.05, 4.69) is 11.0 Å². The third kappa shape index (κ3) is 1.62. The molecule has 0 radical (unpaired) electrons. The monoisotopic (exact) mass is 217 g/mol. The van der Waals surface area contributed by atoms with E-state index in [-0.39, 0.29) is 5.82 Å². The maximum Gasteiger partial charge on any atom is 0.123 e. The van der Waals surface area contributed by atoms with Gasteiger partial charge in [0.2, 0.25) is 0 Å². The Morgan fingerprint density at radius 2 is 1.88 bits per heavy atom. The van der Waals surface area contributed by atoms with Crippen LogP contribution in [-0.2, 0) is 6.42 Å². The molecule has 1 saturated heterocycles. The molecule has 0 N–H and O–H groups in total. The number of benzene rings is 1. The number of hydrogen-bond acceptors (Lipinski definition) is 1. The van der Waals surface area contributed by atoms with Crippen LogP contribution in [0.3, 0.4) is 0 Å². The summed E-state index contributed by atoms with van der Waals surface area (Å²) in [5.41, 5.74) is 3.71. The molecule has 0 saturated carbocycles. The van der Waals surface area contributed by atoms with Crippen molar-refractivity contribution in [1.82, 2.24) is 4.90 Å². The largest absolute Gasteiger partial charge is 0.371 e. The van der Waals surface area contributed by atoms with Gasteiger partial charge in [-0.05, 0) is 49.4 Å². The molecule has 0 spiro atoms. The van der Waals surface area contributed by atoms with Crippen LogP contribution >= 0.6 is 0 Å². The molecule has 1 aliphatic heterocycles. The number of rotatable bonds is 1. The molecule has 1 heterocycles. The first kappa shape index (κ1) is 9.88. The van der Waals surface area contributed by atoms with Crippen molar-refractivity contribution in [2.24, 2.45) is 0 Å². The molecule has 1 aromatic rings. The second-order valence-corrected chi connectivity index (χ2v) is 4.64. The second-order valence-electron chi connectivity index (χ2n) is 4.64. The number of halogens is 1. The highest BCUT2D eigenvalue weighted by Crippen LogP contribution is 2.32. The van der Waals surface area contributed by atoms with Crippen LogP contribution in [0, 0.1) is 5.82 Å². The zero-order chi connectivity index (χ0) is 11.0. The Labute approximate surface area is 95.6 Å². The van der Waals surface area contributed by atoms with Crippen LogP contribution in [0.2, 0.25) is 0 Å². The molecule has 1 nitrogen and oxygen atoms in total. The summed E-state index contributed by atoms with van der Waals surface area (Å²) in [5.74, 6) is -0.118. The lowest BCUT2D eigenvalue weighted by molar-refractivity contribution is 0.326. The van der Waals surface area contributed by atoms with E-state index in [0.717, 1.165) is 25.1 Å². The number of allylic oxidation sites excluding steroid dienone is 1. The molecule has 0 aromatic heterocycles. The smallest absolute Gasteiger partial charge is 0.123 e. The average molecular weight is 217 g/mol. The first-order valence-corrected chi connectivity index (χ1v) is 6.08. The van der Waals surface area contributed by atoms with Gasteiger partial charge >= 0.3 is 0 Å². The molecule has 3 rings (SSSR count). The summed E-state index contributed by atoms with van der Waals surface area (Å²) < 4.78 is 13.1. The maximum atomic E-state index is 13.1. The predicted molar refractivity (Wildman–Crippen MR) is 63.5 cm³/mol. The zero-order valence-corrected chi connectivity index (χ0v) is 9.38. The Hall–Kier alpha value is -1.31. The third-order valence-corrected chi connectivity index (χ3v) is 3.56. The summed E-state index contributed by atoms with van der Waals surface area (Å²) in [6.45, 7) is 2.31. The van der Waals surface area contributed by atoms with Crippen LogP contribution in [0.25, 0.3) is 5.70 Å². The van der Waals surface area contributed by atoms with Crippen molar-refractivity contribution in [2.75, 3.05) is 13.1 Å². The van der Waals surface area contributed by atoms with Gasteiger partial charge in [-0.1, -0.05) is 6.08 Å². The molecule has 84 valence electrons. The van der Waals surface area contributed by atoms with Crippen LogP contribution < -0.4 is 0 Å². The van der Waals surface area contributed by atoms with Crippen LogP contribution in [0.4, 0.5) is 4.39 Å². The minimum Gasteiger partial charge on any atom is -0.371 e. The van der Waals surface area contributed by atoms with Crippen molar-refractivity contribution < 1.29 is 4.39 Å². The van der Waals surface area contributed by atoms with Crippen molar-refractivity contribution in [2.45, 2.75) is 25.7 Å². The van der Waals surface area contributed by atoms with Gasteiger partial charge in [0.25, 0.3) is 0 Å². The summed E-state index contributed by atoms with van der Waals surface area (Å²) in [6.07, 6.45) is 7.05.